The molecular formula is C54H94N16O13S2. The summed E-state index contributed by atoms with van der Waals surface area (Å²) in [5, 5.41) is 49.6. The van der Waals surface area contributed by atoms with E-state index in [2.05, 4.69) is 65.4 Å². The van der Waals surface area contributed by atoms with Crippen LogP contribution in [-0.2, 0) is 59.2 Å². The van der Waals surface area contributed by atoms with Crippen LogP contribution in [-0.4, -0.2) is 199 Å². The summed E-state index contributed by atoms with van der Waals surface area (Å²) >= 11 is 0. The first kappa shape index (κ1) is 74.9. The summed E-state index contributed by atoms with van der Waals surface area (Å²) in [4.78, 5) is 153. The summed E-state index contributed by atoms with van der Waals surface area (Å²) in [6, 6.07) is -6.25. The molecule has 0 spiro atoms. The summed E-state index contributed by atoms with van der Waals surface area (Å²) in [5.74, 6) is -9.33. The second kappa shape index (κ2) is 41.0. The normalized spacial score (nSPS) is 22.5. The van der Waals surface area contributed by atoms with Gasteiger partial charge in [0.1, 0.15) is 60.4 Å². The Hall–Kier alpha value is -6.19. The predicted molar refractivity (Wildman–Crippen MR) is 323 cm³/mol. The Kier molecular flexibility index (Phi) is 36.1. The van der Waals surface area contributed by atoms with E-state index in [0.717, 1.165) is 31.4 Å². The first-order valence-corrected chi connectivity index (χ1v) is 31.4. The van der Waals surface area contributed by atoms with E-state index in [9.17, 15) is 63.0 Å². The Bertz CT molecular complexity index is 2310. The minimum atomic E-state index is -1.70. The van der Waals surface area contributed by atoms with Crippen LogP contribution in [0.3, 0.4) is 0 Å². The molecule has 31 heteroatoms. The number of hydrogen-bond acceptors (Lipinski definition) is 20. The molecule has 1 fully saturated rings. The molecule has 29 nitrogen and oxygen atoms in total. The van der Waals surface area contributed by atoms with E-state index >= 15 is 0 Å². The van der Waals surface area contributed by atoms with Gasteiger partial charge in [-0.2, -0.15) is 0 Å². The van der Waals surface area contributed by atoms with Crippen LogP contribution in [0.2, 0.25) is 0 Å². The number of unbranched alkanes of at least 4 members (excludes halogenated alkanes) is 3. The van der Waals surface area contributed by atoms with Crippen molar-refractivity contribution in [2.75, 3.05) is 50.8 Å². The molecule has 0 unspecified atom stereocenters. The quantitative estimate of drug-likeness (QED) is 0.0253. The van der Waals surface area contributed by atoms with Crippen molar-refractivity contribution >= 4 is 86.6 Å². The highest BCUT2D eigenvalue weighted by molar-refractivity contribution is 8.76. The van der Waals surface area contributed by atoms with Gasteiger partial charge in [-0.05, 0) is 96.5 Å². The Morgan fingerprint density at radius 3 is 1.67 bits per heavy atom. The number of rotatable bonds is 30. The number of carbonyl (C=O) groups excluding carboxylic acids is 11. The fourth-order valence-corrected chi connectivity index (χ4v) is 10.9. The highest BCUT2D eigenvalue weighted by atomic mass is 33.1. The van der Waals surface area contributed by atoms with E-state index in [1.54, 1.807) is 44.2 Å². The van der Waals surface area contributed by atoms with Gasteiger partial charge in [-0.15, -0.1) is 0 Å². The number of nitrogens with one attached hydrogen (secondary N) is 11. The zero-order valence-electron chi connectivity index (χ0n) is 49.4. The van der Waals surface area contributed by atoms with Gasteiger partial charge in [0.15, 0.2) is 0 Å². The molecule has 480 valence electrons. The van der Waals surface area contributed by atoms with Crippen molar-refractivity contribution in [1.29, 1.82) is 0 Å². The number of benzene rings is 1. The fraction of sp³-hybridized carbons (Fsp3) is 0.685. The number of amides is 11. The maximum absolute atomic E-state index is 14.5. The lowest BCUT2D eigenvalue weighted by molar-refractivity contribution is -0.136. The van der Waals surface area contributed by atoms with Crippen molar-refractivity contribution in [3.8, 4) is 0 Å². The summed E-state index contributed by atoms with van der Waals surface area (Å²) in [7, 11) is 2.81. The molecule has 1 aromatic rings. The van der Waals surface area contributed by atoms with E-state index in [0.29, 0.717) is 5.56 Å². The second-order valence-corrected chi connectivity index (χ2v) is 23.7. The molecule has 2 rings (SSSR count). The molecule has 23 N–H and O–H groups in total. The number of aliphatic hydroxyl groups excluding tert-OH is 2. The molecule has 0 bridgehead atoms. The summed E-state index contributed by atoms with van der Waals surface area (Å²) in [6.07, 6.45) is -0.391. The molecule has 1 aliphatic heterocycles. The van der Waals surface area contributed by atoms with Crippen molar-refractivity contribution in [1.82, 2.24) is 58.5 Å². The molecule has 1 aromatic carbocycles. The highest BCUT2D eigenvalue weighted by Gasteiger charge is 2.37. The lowest BCUT2D eigenvalue weighted by Gasteiger charge is -2.29. The fourth-order valence-electron chi connectivity index (χ4n) is 8.63. The van der Waals surface area contributed by atoms with Gasteiger partial charge in [-0.3, -0.25) is 52.7 Å². The third-order valence-electron chi connectivity index (χ3n) is 13.3. The van der Waals surface area contributed by atoms with Crippen LogP contribution in [0.4, 0.5) is 0 Å². The van der Waals surface area contributed by atoms with Crippen LogP contribution < -0.4 is 87.2 Å². The average molecular weight is 1240 g/mol. The van der Waals surface area contributed by atoms with Crippen molar-refractivity contribution in [3.05, 3.63) is 35.9 Å². The first-order chi connectivity index (χ1) is 40.4. The zero-order valence-corrected chi connectivity index (χ0v) is 51.0. The van der Waals surface area contributed by atoms with Gasteiger partial charge >= 0.3 is 0 Å². The molecule has 0 saturated carbocycles. The molecule has 1 saturated heterocycles. The first-order valence-electron chi connectivity index (χ1n) is 28.9. The molecule has 0 aliphatic carbocycles. The molecule has 1 aliphatic rings. The number of carbonyl (C=O) groups is 11. The maximum Gasteiger partial charge on any atom is 0.245 e. The summed E-state index contributed by atoms with van der Waals surface area (Å²) < 4.78 is 0. The zero-order chi connectivity index (χ0) is 63.6. The van der Waals surface area contributed by atoms with Gasteiger partial charge in [-0.25, -0.2) is 0 Å². The third-order valence-corrected chi connectivity index (χ3v) is 15.8. The molecule has 0 aromatic heterocycles. The van der Waals surface area contributed by atoms with E-state index < -0.39 is 157 Å². The van der Waals surface area contributed by atoms with Crippen molar-refractivity contribution in [3.63, 3.8) is 0 Å². The molecule has 11 amide bonds. The number of nitrogens with two attached hydrogens (primary N) is 5. The van der Waals surface area contributed by atoms with Crippen LogP contribution in [0.5, 0.6) is 0 Å². The van der Waals surface area contributed by atoms with Gasteiger partial charge in [-0.1, -0.05) is 92.0 Å². The SMILES string of the molecule is CCCCCCSSC[C@H](NC(=O)CN)C(=O)N[C@H](C(=O)N[C@@H](CCN)C(=O)N[C@H]1CCNC(=O)[C@H]([C@@H](C)O)NC(=O)[C@H](CCN)NC(=O)[C@H](CCN)NC(=O)[C@H](CC(C)C)NC(=O)[C@@H](Cc2ccccc2)NC(=O)[C@H](CCN)NC1=O)[C@@H](C)O. The number of hydrogen-bond donors (Lipinski definition) is 18. The monoisotopic (exact) mass is 1240 g/mol. The minimum absolute atomic E-state index is 0.0447. The molecule has 12 atom stereocenters. The second-order valence-electron chi connectivity index (χ2n) is 21.1. The Morgan fingerprint density at radius 2 is 1.14 bits per heavy atom. The average Bonchev–Trinajstić information content (AvgIpc) is 3.67. The number of aliphatic hydroxyl groups is 2. The van der Waals surface area contributed by atoms with Crippen molar-refractivity contribution in [2.45, 2.75) is 178 Å². The summed E-state index contributed by atoms with van der Waals surface area (Å²) in [6.45, 7) is 6.48. The lowest BCUT2D eigenvalue weighted by atomic mass is 10.00. The van der Waals surface area contributed by atoms with E-state index in [-0.39, 0.29) is 76.4 Å². The van der Waals surface area contributed by atoms with E-state index in [1.807, 2.05) is 0 Å². The van der Waals surface area contributed by atoms with Gasteiger partial charge in [0, 0.05) is 24.5 Å². The largest absolute Gasteiger partial charge is 0.391 e. The lowest BCUT2D eigenvalue weighted by Crippen LogP contribution is -2.62. The molecule has 85 heavy (non-hydrogen) atoms. The molecule has 1 heterocycles. The minimum Gasteiger partial charge on any atom is -0.391 e. The van der Waals surface area contributed by atoms with Gasteiger partial charge in [0.25, 0.3) is 0 Å². The standard InChI is InChI=1S/C54H94N16O13S2/c1-6-7-8-12-25-84-85-29-41(61-42(73)28-59)52(81)70-44(32(5)72)54(83)66-36(17-22-57)46(75)65-38-19-24-60-53(82)43(31(4)71)69-49(78)37(18-23-58)63-45(74)34(15-20-55)64-50(79)39(26-30(2)3)67-51(80)40(27-33-13-10-9-11-14-33)68-47(76)35(16-21-56)62-48(38)77/h9-11,13-14,30-32,34-41,43-44,71-72H,6-8,12,15-29,55-59H2,1-5H3,(H,60,82)(H,61,73)(H,62,77)(H,63,74)(H,64,79)(H,65,75)(H,66,83)(H,67,80)(H,68,76)(H,69,78)(H,70,81)/t31-,32-,34+,35+,36+,37+,38+,39+,40-,41+,43+,44+/m1/s1. The molecular weight excluding hydrogens is 1140 g/mol. The van der Waals surface area contributed by atoms with E-state index in [1.165, 1.54) is 35.4 Å². The van der Waals surface area contributed by atoms with Crippen LogP contribution >= 0.6 is 21.6 Å². The topological polar surface area (TPSA) is 491 Å². The van der Waals surface area contributed by atoms with Crippen LogP contribution in [0, 0.1) is 5.92 Å². The van der Waals surface area contributed by atoms with Crippen molar-refractivity contribution < 1.29 is 63.0 Å². The smallest absolute Gasteiger partial charge is 0.245 e. The van der Waals surface area contributed by atoms with Crippen molar-refractivity contribution in [2.24, 2.45) is 34.6 Å². The molecule has 0 radical (unpaired) electrons. The van der Waals surface area contributed by atoms with E-state index in [4.69, 9.17) is 28.7 Å². The Morgan fingerprint density at radius 1 is 0.600 bits per heavy atom. The Balaban J connectivity index is 2.69. The van der Waals surface area contributed by atoms with Gasteiger partial charge < -0.3 is 97.4 Å². The third kappa shape index (κ3) is 27.8. The highest BCUT2D eigenvalue weighted by Crippen LogP contribution is 2.24. The van der Waals surface area contributed by atoms with Gasteiger partial charge in [0.2, 0.25) is 65.0 Å². The van der Waals surface area contributed by atoms with Crippen LogP contribution in [0.15, 0.2) is 30.3 Å². The van der Waals surface area contributed by atoms with Crippen LogP contribution in [0.1, 0.15) is 104 Å². The predicted octanol–water partition coefficient (Wildman–Crippen LogP) is -5.28. The van der Waals surface area contributed by atoms with Crippen LogP contribution in [0.25, 0.3) is 0 Å². The van der Waals surface area contributed by atoms with Gasteiger partial charge in [0.05, 0.1) is 18.8 Å². The Labute approximate surface area is 505 Å². The maximum atomic E-state index is 14.5. The summed E-state index contributed by atoms with van der Waals surface area (Å²) in [5.41, 5.74) is 29.7.